The summed E-state index contributed by atoms with van der Waals surface area (Å²) in [6.45, 7) is 6.11. The van der Waals surface area contributed by atoms with Gasteiger partial charge in [-0.3, -0.25) is 5.32 Å². The number of ether oxygens (including phenoxy) is 1. The molecule has 0 saturated carbocycles. The minimum Gasteiger partial charge on any atom is -0.468 e. The molecule has 21 heavy (non-hydrogen) atoms. The highest BCUT2D eigenvalue weighted by atomic mass is 16.5. The molecule has 1 N–H and O–H groups in total. The van der Waals surface area contributed by atoms with Crippen LogP contribution >= 0.6 is 0 Å². The van der Waals surface area contributed by atoms with E-state index < -0.39 is 0 Å². The Morgan fingerprint density at radius 1 is 1.33 bits per heavy atom. The maximum Gasteiger partial charge on any atom is 0.244 e. The lowest BCUT2D eigenvalue weighted by atomic mass is 9.91. The number of furan rings is 1. The molecule has 0 spiro atoms. The summed E-state index contributed by atoms with van der Waals surface area (Å²) in [7, 11) is 0. The Morgan fingerprint density at radius 3 is 2.76 bits per heavy atom. The van der Waals surface area contributed by atoms with Crippen LogP contribution in [-0.4, -0.2) is 23.4 Å². The molecule has 0 radical (unpaired) electrons. The van der Waals surface area contributed by atoms with E-state index in [1.54, 1.807) is 6.26 Å². The van der Waals surface area contributed by atoms with Gasteiger partial charge in [0.05, 0.1) is 18.8 Å². The monoisotopic (exact) mass is 291 g/mol. The number of hydrogen-bond donors (Lipinski definition) is 1. The van der Waals surface area contributed by atoms with E-state index in [2.05, 4.69) is 15.5 Å². The predicted molar refractivity (Wildman–Crippen MR) is 75.6 cm³/mol. The molecule has 1 atom stereocenters. The zero-order chi connectivity index (χ0) is 14.7. The predicted octanol–water partition coefficient (Wildman–Crippen LogP) is 2.54. The van der Waals surface area contributed by atoms with Gasteiger partial charge in [0, 0.05) is 13.2 Å². The summed E-state index contributed by atoms with van der Waals surface area (Å²) in [5, 5.41) is 7.43. The molecule has 1 aliphatic rings. The molecule has 0 aliphatic carbocycles. The van der Waals surface area contributed by atoms with Crippen LogP contribution in [-0.2, 0) is 11.3 Å². The van der Waals surface area contributed by atoms with Gasteiger partial charge in [0.1, 0.15) is 5.76 Å². The first-order valence-electron chi connectivity index (χ1n) is 7.38. The average molecular weight is 291 g/mol. The fourth-order valence-corrected chi connectivity index (χ4v) is 2.73. The number of nitrogens with one attached hydrogen (secondary N) is 1. The largest absolute Gasteiger partial charge is 0.468 e. The van der Waals surface area contributed by atoms with Crippen LogP contribution < -0.4 is 5.32 Å². The van der Waals surface area contributed by atoms with Crippen molar-refractivity contribution in [2.75, 3.05) is 13.2 Å². The molecule has 0 amide bonds. The van der Waals surface area contributed by atoms with Crippen LogP contribution in [0.3, 0.4) is 0 Å². The first kappa shape index (κ1) is 14.3. The molecule has 1 aliphatic heterocycles. The first-order valence-corrected chi connectivity index (χ1v) is 7.38. The number of rotatable bonds is 5. The van der Waals surface area contributed by atoms with E-state index in [-0.39, 0.29) is 6.04 Å². The summed E-state index contributed by atoms with van der Waals surface area (Å²) in [6, 6.07) is 2.01. The minimum atomic E-state index is 0.0413. The maximum atomic E-state index is 5.49. The molecule has 6 heteroatoms. The molecule has 0 bridgehead atoms. The number of hydrogen-bond acceptors (Lipinski definition) is 6. The standard InChI is InChI=1S/C15H21N3O3/c1-10-3-8-20-13(10)9-16-14(12-4-6-19-7-5-12)15-17-11(2)18-21-15/h3,8,12,14,16H,4-7,9H2,1-2H3/t14-/m1/s1. The van der Waals surface area contributed by atoms with Crippen molar-refractivity contribution in [1.29, 1.82) is 0 Å². The van der Waals surface area contributed by atoms with Crippen LogP contribution in [0, 0.1) is 19.8 Å². The molecular formula is C15H21N3O3. The Kier molecular flexibility index (Phi) is 4.36. The fourth-order valence-electron chi connectivity index (χ4n) is 2.73. The van der Waals surface area contributed by atoms with E-state index in [0.29, 0.717) is 24.2 Å². The molecule has 1 saturated heterocycles. The van der Waals surface area contributed by atoms with Crippen LogP contribution in [0.4, 0.5) is 0 Å². The molecule has 2 aromatic heterocycles. The summed E-state index contributed by atoms with van der Waals surface area (Å²) in [5.41, 5.74) is 1.15. The average Bonchev–Trinajstić information content (AvgIpc) is 3.10. The summed E-state index contributed by atoms with van der Waals surface area (Å²) < 4.78 is 16.3. The van der Waals surface area contributed by atoms with Gasteiger partial charge in [-0.1, -0.05) is 5.16 Å². The highest BCUT2D eigenvalue weighted by molar-refractivity contribution is 5.14. The summed E-state index contributed by atoms with van der Waals surface area (Å²) in [6.07, 6.45) is 3.71. The van der Waals surface area contributed by atoms with Gasteiger partial charge in [0.25, 0.3) is 0 Å². The van der Waals surface area contributed by atoms with Crippen LogP contribution in [0.1, 0.15) is 41.9 Å². The normalized spacial score (nSPS) is 18.0. The quantitative estimate of drug-likeness (QED) is 0.912. The maximum absolute atomic E-state index is 5.49. The van der Waals surface area contributed by atoms with Gasteiger partial charge in [0.2, 0.25) is 5.89 Å². The van der Waals surface area contributed by atoms with Crippen molar-refractivity contribution in [3.63, 3.8) is 0 Å². The molecule has 114 valence electrons. The van der Waals surface area contributed by atoms with E-state index in [1.807, 2.05) is 19.9 Å². The third-order valence-electron chi connectivity index (χ3n) is 4.00. The zero-order valence-electron chi connectivity index (χ0n) is 12.5. The van der Waals surface area contributed by atoms with Gasteiger partial charge in [-0.05, 0) is 44.2 Å². The summed E-state index contributed by atoms with van der Waals surface area (Å²) >= 11 is 0. The van der Waals surface area contributed by atoms with Crippen LogP contribution in [0.2, 0.25) is 0 Å². The Morgan fingerprint density at radius 2 is 2.14 bits per heavy atom. The first-order chi connectivity index (χ1) is 10.2. The van der Waals surface area contributed by atoms with Crippen molar-refractivity contribution in [1.82, 2.24) is 15.5 Å². The number of aryl methyl sites for hydroxylation is 2. The van der Waals surface area contributed by atoms with Gasteiger partial charge < -0.3 is 13.7 Å². The van der Waals surface area contributed by atoms with E-state index in [1.165, 1.54) is 0 Å². The van der Waals surface area contributed by atoms with E-state index >= 15 is 0 Å². The third-order valence-corrected chi connectivity index (χ3v) is 4.00. The molecular weight excluding hydrogens is 270 g/mol. The minimum absolute atomic E-state index is 0.0413. The molecule has 0 unspecified atom stereocenters. The molecule has 3 rings (SSSR count). The Hall–Kier alpha value is -1.66. The van der Waals surface area contributed by atoms with Gasteiger partial charge in [0.15, 0.2) is 5.82 Å². The van der Waals surface area contributed by atoms with Crippen LogP contribution in [0.15, 0.2) is 21.3 Å². The Bertz CT molecular complexity index is 572. The van der Waals surface area contributed by atoms with Gasteiger partial charge in [-0.25, -0.2) is 0 Å². The van der Waals surface area contributed by atoms with Crippen molar-refractivity contribution >= 4 is 0 Å². The SMILES string of the molecule is Cc1noc([C@H](NCc2occc2C)C2CCOCC2)n1. The van der Waals surface area contributed by atoms with Crippen molar-refractivity contribution in [3.8, 4) is 0 Å². The van der Waals surface area contributed by atoms with Crippen LogP contribution in [0.25, 0.3) is 0 Å². The lowest BCUT2D eigenvalue weighted by molar-refractivity contribution is 0.0482. The second-order valence-corrected chi connectivity index (χ2v) is 5.51. The third kappa shape index (κ3) is 3.33. The van der Waals surface area contributed by atoms with Gasteiger partial charge in [-0.2, -0.15) is 4.98 Å². The Balaban J connectivity index is 1.73. The molecule has 6 nitrogen and oxygen atoms in total. The fraction of sp³-hybridized carbons (Fsp3) is 0.600. The topological polar surface area (TPSA) is 73.3 Å². The molecule has 2 aromatic rings. The molecule has 0 aromatic carbocycles. The number of nitrogens with zero attached hydrogens (tertiary/aromatic N) is 2. The van der Waals surface area contributed by atoms with Crippen molar-refractivity contribution < 1.29 is 13.7 Å². The summed E-state index contributed by atoms with van der Waals surface area (Å²) in [5.74, 6) is 2.71. The van der Waals surface area contributed by atoms with E-state index in [9.17, 15) is 0 Å². The number of aromatic nitrogens is 2. The smallest absolute Gasteiger partial charge is 0.244 e. The second-order valence-electron chi connectivity index (χ2n) is 5.51. The van der Waals surface area contributed by atoms with E-state index in [4.69, 9.17) is 13.7 Å². The summed E-state index contributed by atoms with van der Waals surface area (Å²) in [4.78, 5) is 4.40. The molecule has 1 fully saturated rings. The lowest BCUT2D eigenvalue weighted by Gasteiger charge is -2.28. The van der Waals surface area contributed by atoms with Crippen molar-refractivity contribution in [2.24, 2.45) is 5.92 Å². The van der Waals surface area contributed by atoms with Crippen molar-refractivity contribution in [2.45, 2.75) is 39.3 Å². The zero-order valence-corrected chi connectivity index (χ0v) is 12.5. The van der Waals surface area contributed by atoms with Crippen LogP contribution in [0.5, 0.6) is 0 Å². The highest BCUT2D eigenvalue weighted by Gasteiger charge is 2.29. The second kappa shape index (κ2) is 6.41. The van der Waals surface area contributed by atoms with Gasteiger partial charge in [-0.15, -0.1) is 0 Å². The van der Waals surface area contributed by atoms with Crippen molar-refractivity contribution in [3.05, 3.63) is 35.4 Å². The van der Waals surface area contributed by atoms with Gasteiger partial charge >= 0.3 is 0 Å². The Labute approximate surface area is 123 Å². The lowest BCUT2D eigenvalue weighted by Crippen LogP contribution is -2.32. The highest BCUT2D eigenvalue weighted by Crippen LogP contribution is 2.29. The molecule has 3 heterocycles. The van der Waals surface area contributed by atoms with E-state index in [0.717, 1.165) is 37.4 Å².